The molecule has 32 heavy (non-hydrogen) atoms. The van der Waals surface area contributed by atoms with Crippen LogP contribution in [0.1, 0.15) is 12.8 Å². The molecule has 4 heterocycles. The Kier molecular flexibility index (Phi) is 5.35. The molecule has 3 aliphatic heterocycles. The number of rotatable bonds is 4. The van der Waals surface area contributed by atoms with Crippen LogP contribution in [0.3, 0.4) is 0 Å². The molecule has 9 heteroatoms. The molecular weight excluding hydrogens is 435 g/mol. The number of nitrogens with zero attached hydrogens (tertiary/aromatic N) is 4. The van der Waals surface area contributed by atoms with Gasteiger partial charge in [-0.25, -0.2) is 9.37 Å². The first-order valence-corrected chi connectivity index (χ1v) is 11.0. The van der Waals surface area contributed by atoms with Crippen LogP contribution < -0.4 is 10.5 Å². The van der Waals surface area contributed by atoms with Crippen LogP contribution in [0.4, 0.5) is 10.1 Å². The minimum Gasteiger partial charge on any atom is -0.480 e. The number of anilines is 1. The van der Waals surface area contributed by atoms with Crippen LogP contribution >= 0.6 is 11.6 Å². The number of hydrogen-bond donors (Lipinski definition) is 1. The van der Waals surface area contributed by atoms with Gasteiger partial charge in [-0.1, -0.05) is 11.6 Å². The summed E-state index contributed by atoms with van der Waals surface area (Å²) in [5.41, 5.74) is 1.33. The Morgan fingerprint density at radius 3 is 2.62 bits per heavy atom. The molecule has 0 spiro atoms. The molecule has 0 aliphatic carbocycles. The van der Waals surface area contributed by atoms with E-state index in [4.69, 9.17) is 11.6 Å². The molecule has 1 aromatic heterocycles. The van der Waals surface area contributed by atoms with Gasteiger partial charge in [-0.05, 0) is 49.2 Å². The molecule has 0 unspecified atom stereocenters. The zero-order valence-electron chi connectivity index (χ0n) is 17.3. The van der Waals surface area contributed by atoms with Gasteiger partial charge in [0.2, 0.25) is 0 Å². The molecule has 1 N–H and O–H groups in total. The first-order chi connectivity index (χ1) is 15.4. The van der Waals surface area contributed by atoms with E-state index in [-0.39, 0.29) is 10.8 Å². The molecule has 3 aliphatic rings. The van der Waals surface area contributed by atoms with Gasteiger partial charge in [0.15, 0.2) is 0 Å². The second-order valence-electron chi connectivity index (χ2n) is 8.32. The van der Waals surface area contributed by atoms with Crippen molar-refractivity contribution in [2.75, 3.05) is 31.1 Å². The molecule has 0 radical (unpaired) electrons. The number of halogens is 2. The normalized spacial score (nSPS) is 20.5. The number of carboxylic acid groups (broad SMARTS) is 1. The molecule has 3 saturated heterocycles. The van der Waals surface area contributed by atoms with Crippen LogP contribution in [-0.4, -0.2) is 57.7 Å². The molecular formula is C23H22ClFN4O3. The number of fused-ring (bicyclic) bond motifs is 5. The molecule has 2 bridgehead atoms. The first kappa shape index (κ1) is 20.9. The summed E-state index contributed by atoms with van der Waals surface area (Å²) in [4.78, 5) is 34.3. The van der Waals surface area contributed by atoms with Crippen LogP contribution in [0.5, 0.6) is 0 Å². The summed E-state index contributed by atoms with van der Waals surface area (Å²) in [6.45, 7) is 3.49. The quantitative estimate of drug-likeness (QED) is 0.649. The maximum Gasteiger partial charge on any atom is 0.323 e. The van der Waals surface area contributed by atoms with Gasteiger partial charge in [0, 0.05) is 43.5 Å². The topological polar surface area (TPSA) is 78.7 Å². The van der Waals surface area contributed by atoms with E-state index in [9.17, 15) is 19.1 Å². The molecule has 3 aromatic rings. The average Bonchev–Trinajstić information content (AvgIpc) is 3.11. The smallest absolute Gasteiger partial charge is 0.323 e. The summed E-state index contributed by atoms with van der Waals surface area (Å²) in [5.74, 6) is -1.63. The third-order valence-corrected chi connectivity index (χ3v) is 6.69. The predicted octanol–water partition coefficient (Wildman–Crippen LogP) is 3.23. The first-order valence-electron chi connectivity index (χ1n) is 10.6. The van der Waals surface area contributed by atoms with Gasteiger partial charge in [0.1, 0.15) is 18.2 Å². The zero-order chi connectivity index (χ0) is 22.4. The number of carboxylic acids is 1. The minimum atomic E-state index is -1.17. The highest BCUT2D eigenvalue weighted by atomic mass is 35.5. The van der Waals surface area contributed by atoms with Crippen molar-refractivity contribution in [2.24, 2.45) is 0 Å². The summed E-state index contributed by atoms with van der Waals surface area (Å²) < 4.78 is 14.8. The lowest BCUT2D eigenvalue weighted by molar-refractivity contribution is -0.137. The van der Waals surface area contributed by atoms with Gasteiger partial charge in [-0.2, -0.15) is 0 Å². The van der Waals surface area contributed by atoms with Crippen molar-refractivity contribution < 1.29 is 14.3 Å². The molecule has 7 nitrogen and oxygen atoms in total. The lowest BCUT2D eigenvalue weighted by Gasteiger charge is -2.33. The van der Waals surface area contributed by atoms with E-state index < -0.39 is 23.9 Å². The van der Waals surface area contributed by atoms with Gasteiger partial charge in [0.25, 0.3) is 5.56 Å². The predicted molar refractivity (Wildman–Crippen MR) is 121 cm³/mol. The van der Waals surface area contributed by atoms with E-state index in [0.717, 1.165) is 49.3 Å². The van der Waals surface area contributed by atoms with Crippen LogP contribution in [0.15, 0.2) is 41.2 Å². The Morgan fingerprint density at radius 1 is 1.12 bits per heavy atom. The third-order valence-electron chi connectivity index (χ3n) is 6.40. The summed E-state index contributed by atoms with van der Waals surface area (Å²) >= 11 is 5.92. The maximum absolute atomic E-state index is 13.6. The van der Waals surface area contributed by atoms with Crippen LogP contribution in [0.2, 0.25) is 5.02 Å². The summed E-state index contributed by atoms with van der Waals surface area (Å²) in [7, 11) is 0. The van der Waals surface area contributed by atoms with Gasteiger partial charge >= 0.3 is 5.97 Å². The monoisotopic (exact) mass is 456 g/mol. The average molecular weight is 457 g/mol. The van der Waals surface area contributed by atoms with Crippen molar-refractivity contribution in [1.29, 1.82) is 0 Å². The van der Waals surface area contributed by atoms with Gasteiger partial charge in [-0.15, -0.1) is 0 Å². The zero-order valence-corrected chi connectivity index (χ0v) is 18.1. The molecule has 6 rings (SSSR count). The Morgan fingerprint density at radius 2 is 1.91 bits per heavy atom. The second kappa shape index (κ2) is 8.18. The van der Waals surface area contributed by atoms with Crippen molar-refractivity contribution in [1.82, 2.24) is 14.5 Å². The number of carbonyl (C=O) groups is 1. The van der Waals surface area contributed by atoms with E-state index in [1.54, 1.807) is 6.07 Å². The van der Waals surface area contributed by atoms with Crippen LogP contribution in [-0.2, 0) is 11.3 Å². The van der Waals surface area contributed by atoms with Crippen molar-refractivity contribution in [3.05, 3.63) is 57.6 Å². The fourth-order valence-electron chi connectivity index (χ4n) is 4.75. The lowest BCUT2D eigenvalue weighted by Crippen LogP contribution is -2.38. The Balaban J connectivity index is 1.65. The van der Waals surface area contributed by atoms with Crippen molar-refractivity contribution in [3.63, 3.8) is 0 Å². The van der Waals surface area contributed by atoms with E-state index in [1.807, 2.05) is 12.1 Å². The number of piperidine rings is 1. The molecule has 166 valence electrons. The molecule has 0 saturated carbocycles. The standard InChI is InChI=1S/C23H22ClFN4O3/c24-18-11-14(1-3-19(18)25)22-26-20-4-2-16(12-17(20)23(32)29(22)13-21(30)31)28-10-9-27-7-5-15(28)6-8-27/h1-4,11-12,15H,5-10,13H2,(H,30,31). The number of aliphatic carboxylic acids is 1. The van der Waals surface area contributed by atoms with Crippen molar-refractivity contribution >= 4 is 34.2 Å². The second-order valence-corrected chi connectivity index (χ2v) is 8.72. The highest BCUT2D eigenvalue weighted by molar-refractivity contribution is 6.31. The van der Waals surface area contributed by atoms with Crippen LogP contribution in [0, 0.1) is 5.82 Å². The Labute approximate surface area is 188 Å². The summed E-state index contributed by atoms with van der Waals surface area (Å²) in [5, 5.41) is 9.64. The van der Waals surface area contributed by atoms with Gasteiger partial charge in [-0.3, -0.25) is 14.2 Å². The van der Waals surface area contributed by atoms with E-state index in [1.165, 1.54) is 18.2 Å². The molecule has 2 aromatic carbocycles. The highest BCUT2D eigenvalue weighted by Gasteiger charge is 2.29. The highest BCUT2D eigenvalue weighted by Crippen LogP contribution is 2.29. The maximum atomic E-state index is 13.6. The number of benzene rings is 2. The fraction of sp³-hybridized carbons (Fsp3) is 0.348. The molecule has 0 amide bonds. The SMILES string of the molecule is O=C(O)Cn1c(-c2ccc(F)c(Cl)c2)nc2ccc(N3CCN4CCC3CC4)cc2c1=O. The largest absolute Gasteiger partial charge is 0.480 e. The number of aromatic nitrogens is 2. The molecule has 0 atom stereocenters. The lowest BCUT2D eigenvalue weighted by atomic mass is 10.0. The van der Waals surface area contributed by atoms with Crippen molar-refractivity contribution in [2.45, 2.75) is 25.4 Å². The van der Waals surface area contributed by atoms with E-state index in [0.29, 0.717) is 22.5 Å². The fourth-order valence-corrected chi connectivity index (χ4v) is 4.93. The molecule has 3 fully saturated rings. The minimum absolute atomic E-state index is 0.124. The Hall–Kier alpha value is -2.97. The van der Waals surface area contributed by atoms with E-state index >= 15 is 0 Å². The van der Waals surface area contributed by atoms with Crippen LogP contribution in [0.25, 0.3) is 22.3 Å². The van der Waals surface area contributed by atoms with Gasteiger partial charge in [0.05, 0.1) is 15.9 Å². The van der Waals surface area contributed by atoms with Crippen molar-refractivity contribution in [3.8, 4) is 11.4 Å². The number of hydrogen-bond acceptors (Lipinski definition) is 5. The summed E-state index contributed by atoms with van der Waals surface area (Å²) in [6, 6.07) is 9.96. The summed E-state index contributed by atoms with van der Waals surface area (Å²) in [6.07, 6.45) is 2.17. The third kappa shape index (κ3) is 3.73. The van der Waals surface area contributed by atoms with E-state index in [2.05, 4.69) is 14.8 Å². The van der Waals surface area contributed by atoms with Gasteiger partial charge < -0.3 is 14.9 Å². The Bertz CT molecular complexity index is 1270.